The normalized spacial score (nSPS) is 17.7. The molecule has 2 aromatic rings. The van der Waals surface area contributed by atoms with Crippen molar-refractivity contribution in [1.82, 2.24) is 10.2 Å². The first-order valence-electron chi connectivity index (χ1n) is 10.9. The molecule has 2 N–H and O–H groups in total. The molecule has 0 saturated carbocycles. The first-order chi connectivity index (χ1) is 15.5. The summed E-state index contributed by atoms with van der Waals surface area (Å²) in [6.07, 6.45) is 3.26. The zero-order valence-corrected chi connectivity index (χ0v) is 18.3. The lowest BCUT2D eigenvalue weighted by molar-refractivity contribution is -0.136. The average molecular weight is 434 g/mol. The number of amides is 3. The number of hydrogen-bond donors (Lipinski definition) is 2. The van der Waals surface area contributed by atoms with E-state index in [9.17, 15) is 14.4 Å². The van der Waals surface area contributed by atoms with E-state index in [0.717, 1.165) is 30.4 Å². The Morgan fingerprint density at radius 1 is 1.12 bits per heavy atom. The van der Waals surface area contributed by atoms with Crippen LogP contribution in [0.3, 0.4) is 0 Å². The van der Waals surface area contributed by atoms with E-state index in [4.69, 9.17) is 4.74 Å². The molecular formula is C25H27N3O4. The Kier molecular flexibility index (Phi) is 6.25. The van der Waals surface area contributed by atoms with Crippen molar-refractivity contribution in [3.05, 3.63) is 76.5 Å². The highest BCUT2D eigenvalue weighted by molar-refractivity contribution is 6.00. The van der Waals surface area contributed by atoms with Crippen LogP contribution in [0.5, 0.6) is 0 Å². The Morgan fingerprint density at radius 2 is 1.84 bits per heavy atom. The second kappa shape index (κ2) is 9.26. The van der Waals surface area contributed by atoms with Crippen LogP contribution in [0.1, 0.15) is 42.5 Å². The molecule has 2 aromatic carbocycles. The van der Waals surface area contributed by atoms with Crippen LogP contribution >= 0.6 is 0 Å². The van der Waals surface area contributed by atoms with Gasteiger partial charge in [0.25, 0.3) is 0 Å². The molecule has 0 spiro atoms. The van der Waals surface area contributed by atoms with Gasteiger partial charge in [-0.15, -0.1) is 0 Å². The minimum atomic E-state index is -0.594. The van der Waals surface area contributed by atoms with Crippen LogP contribution in [-0.2, 0) is 20.7 Å². The van der Waals surface area contributed by atoms with Crippen molar-refractivity contribution in [3.8, 4) is 0 Å². The van der Waals surface area contributed by atoms with Gasteiger partial charge in [0.2, 0.25) is 5.91 Å². The molecule has 0 saturated heterocycles. The van der Waals surface area contributed by atoms with Gasteiger partial charge >= 0.3 is 12.0 Å². The average Bonchev–Trinajstić information content (AvgIpc) is 3.17. The Hall–Kier alpha value is -3.61. The summed E-state index contributed by atoms with van der Waals surface area (Å²) in [5, 5.41) is 5.67. The number of rotatable bonds is 7. The van der Waals surface area contributed by atoms with Gasteiger partial charge in [0.15, 0.2) is 0 Å². The zero-order valence-electron chi connectivity index (χ0n) is 18.3. The van der Waals surface area contributed by atoms with Gasteiger partial charge in [-0.05, 0) is 43.0 Å². The lowest BCUT2D eigenvalue weighted by Crippen LogP contribution is -2.49. The van der Waals surface area contributed by atoms with Crippen LogP contribution < -0.4 is 10.6 Å². The van der Waals surface area contributed by atoms with Gasteiger partial charge in [-0.2, -0.15) is 0 Å². The van der Waals surface area contributed by atoms with E-state index in [-0.39, 0.29) is 19.1 Å². The number of aryl methyl sites for hydroxylation is 2. The molecule has 0 fully saturated rings. The van der Waals surface area contributed by atoms with Crippen molar-refractivity contribution in [3.63, 3.8) is 0 Å². The number of carbonyl (C=O) groups excluding carboxylic acids is 3. The van der Waals surface area contributed by atoms with E-state index in [1.165, 1.54) is 10.5 Å². The van der Waals surface area contributed by atoms with Crippen molar-refractivity contribution in [1.29, 1.82) is 0 Å². The predicted molar refractivity (Wildman–Crippen MR) is 121 cm³/mol. The Morgan fingerprint density at radius 3 is 2.53 bits per heavy atom. The number of carbonyl (C=O) groups is 3. The monoisotopic (exact) mass is 433 g/mol. The third-order valence-electron chi connectivity index (χ3n) is 5.77. The largest absolute Gasteiger partial charge is 0.456 e. The number of cyclic esters (lactones) is 1. The molecule has 0 bridgehead atoms. The number of ether oxygens (including phenoxy) is 1. The van der Waals surface area contributed by atoms with Gasteiger partial charge in [0.1, 0.15) is 13.2 Å². The summed E-state index contributed by atoms with van der Waals surface area (Å²) in [4.78, 5) is 39.2. The van der Waals surface area contributed by atoms with Crippen LogP contribution in [0, 0.1) is 6.92 Å². The number of unbranched alkanes of at least 4 members (excludes halogenated alkanes) is 1. The van der Waals surface area contributed by atoms with Crippen LogP contribution in [-0.4, -0.2) is 36.0 Å². The molecule has 166 valence electrons. The summed E-state index contributed by atoms with van der Waals surface area (Å²) >= 11 is 0. The molecule has 2 aliphatic heterocycles. The van der Waals surface area contributed by atoms with E-state index in [0.29, 0.717) is 17.0 Å². The van der Waals surface area contributed by atoms with Gasteiger partial charge < -0.3 is 15.4 Å². The summed E-state index contributed by atoms with van der Waals surface area (Å²) < 4.78 is 5.22. The van der Waals surface area contributed by atoms with Crippen LogP contribution in [0.25, 0.3) is 0 Å². The summed E-state index contributed by atoms with van der Waals surface area (Å²) in [7, 11) is 0. The number of anilines is 1. The summed E-state index contributed by atoms with van der Waals surface area (Å²) in [6.45, 7) is 3.89. The quantitative estimate of drug-likeness (QED) is 0.649. The molecule has 0 unspecified atom stereocenters. The summed E-state index contributed by atoms with van der Waals surface area (Å²) in [5.41, 5.74) is 4.58. The first-order valence-corrected chi connectivity index (χ1v) is 10.9. The smallest absolute Gasteiger partial charge is 0.338 e. The van der Waals surface area contributed by atoms with Crippen LogP contribution in [0.2, 0.25) is 0 Å². The second-order valence-corrected chi connectivity index (χ2v) is 8.16. The molecule has 7 nitrogen and oxygen atoms in total. The molecular weight excluding hydrogens is 406 g/mol. The van der Waals surface area contributed by atoms with E-state index >= 15 is 0 Å². The first kappa shape index (κ1) is 21.6. The molecule has 0 aromatic heterocycles. The molecule has 4 rings (SSSR count). The highest BCUT2D eigenvalue weighted by Crippen LogP contribution is 2.35. The summed E-state index contributed by atoms with van der Waals surface area (Å²) in [5.74, 6) is -0.819. The predicted octanol–water partition coefficient (Wildman–Crippen LogP) is 3.85. The Balaban J connectivity index is 1.49. The third-order valence-corrected chi connectivity index (χ3v) is 5.77. The number of nitrogens with one attached hydrogen (secondary N) is 2. The number of nitrogens with zero attached hydrogens (tertiary/aromatic N) is 1. The zero-order chi connectivity index (χ0) is 22.7. The second-order valence-electron chi connectivity index (χ2n) is 8.16. The molecule has 32 heavy (non-hydrogen) atoms. The van der Waals surface area contributed by atoms with Crippen molar-refractivity contribution in [2.24, 2.45) is 0 Å². The van der Waals surface area contributed by atoms with Gasteiger partial charge in [0, 0.05) is 5.69 Å². The van der Waals surface area contributed by atoms with E-state index < -0.39 is 18.0 Å². The van der Waals surface area contributed by atoms with Crippen LogP contribution in [0.15, 0.2) is 59.8 Å². The van der Waals surface area contributed by atoms with Crippen molar-refractivity contribution < 1.29 is 19.1 Å². The highest BCUT2D eigenvalue weighted by atomic mass is 16.5. The lowest BCUT2D eigenvalue weighted by atomic mass is 9.95. The molecule has 7 heteroatoms. The maximum absolute atomic E-state index is 12.9. The molecule has 0 aliphatic carbocycles. The number of urea groups is 1. The van der Waals surface area contributed by atoms with Crippen molar-refractivity contribution >= 4 is 23.6 Å². The standard InChI is InChI=1S/C25H27N3O4/c1-3-4-5-17-8-12-19(13-9-17)26-21(29)14-28-20-15-32-24(30)22(20)23(27-25(28)31)18-10-6-16(2)7-11-18/h6-13,23H,3-5,14-15H2,1-2H3,(H,26,29)(H,27,31)/t23-/m1/s1. The molecule has 2 heterocycles. The summed E-state index contributed by atoms with van der Waals surface area (Å²) in [6, 6.07) is 14.3. The third kappa shape index (κ3) is 4.51. The van der Waals surface area contributed by atoms with Crippen molar-refractivity contribution in [2.75, 3.05) is 18.5 Å². The fourth-order valence-electron chi connectivity index (χ4n) is 3.97. The van der Waals surface area contributed by atoms with E-state index in [2.05, 4.69) is 17.6 Å². The SMILES string of the molecule is CCCCc1ccc(NC(=O)CN2C(=O)N[C@H](c3ccc(C)cc3)C3=C2COC3=O)cc1. The molecule has 2 aliphatic rings. The Labute approximate surface area is 187 Å². The fourth-order valence-corrected chi connectivity index (χ4v) is 3.97. The van der Waals surface area contributed by atoms with Crippen LogP contribution in [0.4, 0.5) is 10.5 Å². The topological polar surface area (TPSA) is 87.7 Å². The lowest BCUT2D eigenvalue weighted by Gasteiger charge is -2.32. The maximum Gasteiger partial charge on any atom is 0.338 e. The fraction of sp³-hybridized carbons (Fsp3) is 0.320. The maximum atomic E-state index is 12.9. The number of benzene rings is 2. The molecule has 1 atom stereocenters. The van der Waals surface area contributed by atoms with Gasteiger partial charge in [-0.3, -0.25) is 9.69 Å². The van der Waals surface area contributed by atoms with Gasteiger partial charge in [-0.25, -0.2) is 9.59 Å². The van der Waals surface area contributed by atoms with Crippen molar-refractivity contribution in [2.45, 2.75) is 39.2 Å². The van der Waals surface area contributed by atoms with E-state index in [1.807, 2.05) is 55.5 Å². The van der Waals surface area contributed by atoms with Gasteiger partial charge in [0.05, 0.1) is 17.3 Å². The number of hydrogen-bond acceptors (Lipinski definition) is 4. The Bertz CT molecular complexity index is 1060. The minimum Gasteiger partial charge on any atom is -0.456 e. The van der Waals surface area contributed by atoms with Gasteiger partial charge in [-0.1, -0.05) is 55.3 Å². The minimum absolute atomic E-state index is 0.0245. The molecule has 3 amide bonds. The van der Waals surface area contributed by atoms with E-state index in [1.54, 1.807) is 0 Å². The number of esters is 1. The molecule has 0 radical (unpaired) electrons. The highest BCUT2D eigenvalue weighted by Gasteiger charge is 2.42.